The zero-order valence-corrected chi connectivity index (χ0v) is 19.1. The topological polar surface area (TPSA) is 95.9 Å². The standard InChI is InChI=1S/C25H17ClN2O5S/c26-21-7-2-1-4-17(21)14-33-19-10-8-15(9-11-19)12-20-22(29)27-25(34)28(23(20)30)18-6-3-5-16(13-18)24(31)32/h1-13H,14H2,(H,31,32)(H,27,29,34). The molecule has 7 nitrogen and oxygen atoms in total. The van der Waals surface area contributed by atoms with E-state index in [9.17, 15) is 19.5 Å². The number of hydrogen-bond donors (Lipinski definition) is 2. The van der Waals surface area contributed by atoms with Gasteiger partial charge in [-0.05, 0) is 60.3 Å². The summed E-state index contributed by atoms with van der Waals surface area (Å²) in [4.78, 5) is 38.0. The highest BCUT2D eigenvalue weighted by Gasteiger charge is 2.34. The van der Waals surface area contributed by atoms with E-state index in [0.29, 0.717) is 22.9 Å². The fraction of sp³-hybridized carbons (Fsp3) is 0.0400. The van der Waals surface area contributed by atoms with Gasteiger partial charge in [0.15, 0.2) is 5.11 Å². The number of carboxylic acid groups (broad SMARTS) is 1. The number of thiocarbonyl (C=S) groups is 1. The highest BCUT2D eigenvalue weighted by atomic mass is 35.5. The molecule has 9 heteroatoms. The van der Waals surface area contributed by atoms with Crippen molar-refractivity contribution in [3.05, 3.63) is 100 Å². The summed E-state index contributed by atoms with van der Waals surface area (Å²) in [5.41, 5.74) is 1.53. The maximum absolute atomic E-state index is 13.1. The van der Waals surface area contributed by atoms with Gasteiger partial charge >= 0.3 is 5.97 Å². The number of benzene rings is 3. The fourth-order valence-electron chi connectivity index (χ4n) is 3.27. The second kappa shape index (κ2) is 9.86. The Morgan fingerprint density at radius 1 is 1.06 bits per heavy atom. The maximum Gasteiger partial charge on any atom is 0.335 e. The zero-order chi connectivity index (χ0) is 24.2. The first kappa shape index (κ1) is 23.2. The lowest BCUT2D eigenvalue weighted by molar-refractivity contribution is -0.122. The average Bonchev–Trinajstić information content (AvgIpc) is 2.82. The summed E-state index contributed by atoms with van der Waals surface area (Å²) in [6.07, 6.45) is 1.44. The van der Waals surface area contributed by atoms with E-state index in [1.165, 1.54) is 30.3 Å². The molecule has 0 unspecified atom stereocenters. The van der Waals surface area contributed by atoms with E-state index in [0.717, 1.165) is 10.5 Å². The van der Waals surface area contributed by atoms with Crippen molar-refractivity contribution in [2.24, 2.45) is 0 Å². The van der Waals surface area contributed by atoms with Gasteiger partial charge in [0, 0.05) is 10.6 Å². The molecule has 0 aromatic heterocycles. The van der Waals surface area contributed by atoms with E-state index in [1.54, 1.807) is 30.3 Å². The van der Waals surface area contributed by atoms with Gasteiger partial charge in [0.1, 0.15) is 17.9 Å². The number of ether oxygens (including phenoxy) is 1. The third-order valence-corrected chi connectivity index (χ3v) is 5.65. The lowest BCUT2D eigenvalue weighted by Gasteiger charge is -2.29. The molecule has 34 heavy (non-hydrogen) atoms. The number of carbonyl (C=O) groups excluding carboxylic acids is 2. The van der Waals surface area contributed by atoms with Crippen LogP contribution in [-0.4, -0.2) is 28.0 Å². The first-order valence-electron chi connectivity index (χ1n) is 10.0. The van der Waals surface area contributed by atoms with Gasteiger partial charge in [-0.2, -0.15) is 0 Å². The van der Waals surface area contributed by atoms with Gasteiger partial charge in [-0.15, -0.1) is 0 Å². The normalized spacial score (nSPS) is 14.8. The lowest BCUT2D eigenvalue weighted by Crippen LogP contribution is -2.54. The number of amides is 2. The quantitative estimate of drug-likeness (QED) is 0.300. The van der Waals surface area contributed by atoms with Crippen LogP contribution in [0.1, 0.15) is 21.5 Å². The van der Waals surface area contributed by atoms with E-state index in [4.69, 9.17) is 28.6 Å². The highest BCUT2D eigenvalue weighted by molar-refractivity contribution is 7.80. The minimum atomic E-state index is -1.14. The molecular weight excluding hydrogens is 476 g/mol. The first-order chi connectivity index (χ1) is 16.3. The summed E-state index contributed by atoms with van der Waals surface area (Å²) < 4.78 is 5.75. The van der Waals surface area contributed by atoms with Crippen molar-refractivity contribution < 1.29 is 24.2 Å². The third kappa shape index (κ3) is 4.98. The second-order valence-electron chi connectivity index (χ2n) is 7.26. The Kier molecular flexibility index (Phi) is 6.72. The van der Waals surface area contributed by atoms with Crippen LogP contribution in [0.5, 0.6) is 5.75 Å². The molecule has 2 amide bonds. The summed E-state index contributed by atoms with van der Waals surface area (Å²) in [6.45, 7) is 0.294. The van der Waals surface area contributed by atoms with Crippen LogP contribution in [0.4, 0.5) is 5.69 Å². The summed E-state index contributed by atoms with van der Waals surface area (Å²) in [6, 6.07) is 20.0. The van der Waals surface area contributed by atoms with Gasteiger partial charge in [0.2, 0.25) is 0 Å². The Hall–Kier alpha value is -4.01. The monoisotopic (exact) mass is 492 g/mol. The van der Waals surface area contributed by atoms with Crippen molar-refractivity contribution in [2.45, 2.75) is 6.61 Å². The predicted molar refractivity (Wildman–Crippen MR) is 132 cm³/mol. The molecule has 0 radical (unpaired) electrons. The minimum Gasteiger partial charge on any atom is -0.489 e. The molecule has 1 aliphatic rings. The van der Waals surface area contributed by atoms with Crippen LogP contribution in [0.15, 0.2) is 78.4 Å². The Morgan fingerprint density at radius 3 is 2.50 bits per heavy atom. The number of aromatic carboxylic acids is 1. The largest absolute Gasteiger partial charge is 0.489 e. The van der Waals surface area contributed by atoms with Crippen LogP contribution in [0.3, 0.4) is 0 Å². The minimum absolute atomic E-state index is 0.0112. The first-order valence-corrected chi connectivity index (χ1v) is 10.8. The van der Waals surface area contributed by atoms with Crippen molar-refractivity contribution in [3.63, 3.8) is 0 Å². The molecule has 2 N–H and O–H groups in total. The Morgan fingerprint density at radius 2 is 1.79 bits per heavy atom. The van der Waals surface area contributed by atoms with Crippen molar-refractivity contribution in [1.82, 2.24) is 5.32 Å². The molecule has 0 aliphatic carbocycles. The van der Waals surface area contributed by atoms with Crippen molar-refractivity contribution >= 4 is 58.5 Å². The zero-order valence-electron chi connectivity index (χ0n) is 17.5. The number of carboxylic acids is 1. The van der Waals surface area contributed by atoms with Gasteiger partial charge in [0.05, 0.1) is 11.3 Å². The number of hydrogen-bond acceptors (Lipinski definition) is 5. The van der Waals surface area contributed by atoms with E-state index >= 15 is 0 Å². The van der Waals surface area contributed by atoms with Crippen LogP contribution in [0.25, 0.3) is 6.08 Å². The molecule has 0 atom stereocenters. The molecule has 3 aromatic carbocycles. The van der Waals surface area contributed by atoms with E-state index in [-0.39, 0.29) is 21.9 Å². The van der Waals surface area contributed by atoms with Gasteiger partial charge < -0.3 is 9.84 Å². The maximum atomic E-state index is 13.1. The molecular formula is C25H17ClN2O5S. The molecule has 4 rings (SSSR count). The Bertz CT molecular complexity index is 1340. The molecule has 3 aromatic rings. The van der Waals surface area contributed by atoms with Crippen molar-refractivity contribution in [2.75, 3.05) is 4.90 Å². The number of halogens is 1. The summed E-state index contributed by atoms with van der Waals surface area (Å²) in [7, 11) is 0. The number of carbonyl (C=O) groups is 3. The molecule has 1 fully saturated rings. The Balaban J connectivity index is 1.54. The van der Waals surface area contributed by atoms with Gasteiger partial charge in [0.25, 0.3) is 11.8 Å². The highest BCUT2D eigenvalue weighted by Crippen LogP contribution is 2.24. The van der Waals surface area contributed by atoms with Crippen LogP contribution >= 0.6 is 23.8 Å². The van der Waals surface area contributed by atoms with E-state index in [2.05, 4.69) is 5.32 Å². The molecule has 1 heterocycles. The van der Waals surface area contributed by atoms with Crippen LogP contribution < -0.4 is 15.0 Å². The van der Waals surface area contributed by atoms with Crippen LogP contribution in [0.2, 0.25) is 5.02 Å². The number of rotatable bonds is 6. The van der Waals surface area contributed by atoms with Crippen LogP contribution in [0, 0.1) is 0 Å². The summed E-state index contributed by atoms with van der Waals surface area (Å²) in [5.74, 6) is -1.85. The molecule has 1 saturated heterocycles. The molecule has 170 valence electrons. The number of anilines is 1. The van der Waals surface area contributed by atoms with E-state index < -0.39 is 17.8 Å². The molecule has 0 saturated carbocycles. The lowest BCUT2D eigenvalue weighted by atomic mass is 10.1. The van der Waals surface area contributed by atoms with E-state index in [1.807, 2.05) is 18.2 Å². The number of nitrogens with zero attached hydrogens (tertiary/aromatic N) is 1. The summed E-state index contributed by atoms with van der Waals surface area (Å²) >= 11 is 11.3. The van der Waals surface area contributed by atoms with Crippen LogP contribution in [-0.2, 0) is 16.2 Å². The average molecular weight is 493 g/mol. The van der Waals surface area contributed by atoms with Crippen molar-refractivity contribution in [1.29, 1.82) is 0 Å². The SMILES string of the molecule is O=C1NC(=S)N(c2cccc(C(=O)O)c2)C(=O)C1=Cc1ccc(OCc2ccccc2Cl)cc1. The fourth-order valence-corrected chi connectivity index (χ4v) is 3.74. The molecule has 1 aliphatic heterocycles. The smallest absolute Gasteiger partial charge is 0.335 e. The molecule has 0 spiro atoms. The van der Waals surface area contributed by atoms with Gasteiger partial charge in [-0.25, -0.2) is 4.79 Å². The predicted octanol–water partition coefficient (Wildman–Crippen LogP) is 4.45. The van der Waals surface area contributed by atoms with Gasteiger partial charge in [-0.3, -0.25) is 19.8 Å². The summed E-state index contributed by atoms with van der Waals surface area (Å²) in [5, 5.41) is 12.2. The van der Waals surface area contributed by atoms with Gasteiger partial charge in [-0.1, -0.05) is 48.0 Å². The van der Waals surface area contributed by atoms with Crippen molar-refractivity contribution in [3.8, 4) is 5.75 Å². The third-order valence-electron chi connectivity index (χ3n) is 5.00. The molecule has 0 bridgehead atoms. The number of nitrogens with one attached hydrogen (secondary N) is 1. The second-order valence-corrected chi connectivity index (χ2v) is 8.06. The Labute approximate surface area is 205 Å².